The van der Waals surface area contributed by atoms with Crippen LogP contribution in [0.2, 0.25) is 5.02 Å². The van der Waals surface area contributed by atoms with E-state index in [0.29, 0.717) is 27.3 Å². The van der Waals surface area contributed by atoms with Crippen molar-refractivity contribution in [3.8, 4) is 10.4 Å². The summed E-state index contributed by atoms with van der Waals surface area (Å²) in [5, 5.41) is 1.24. The van der Waals surface area contributed by atoms with Gasteiger partial charge in [-0.15, -0.1) is 16.4 Å². The zero-order valence-electron chi connectivity index (χ0n) is 18.3. The average Bonchev–Trinajstić information content (AvgIpc) is 3.39. The number of hydrogen-bond donors (Lipinski definition) is 0. The van der Waals surface area contributed by atoms with Crippen LogP contribution in [0, 0.1) is 12.7 Å². The molecule has 0 aliphatic carbocycles. The van der Waals surface area contributed by atoms with E-state index in [0.717, 1.165) is 24.1 Å². The SMILES string of the molecule is Cc1c(Cl)cc2cc(-c3ccc(CCCCCC(=O)ON4C(=O)CCC4=O)s3)c(=O)oc2c1F. The second-order valence-electron chi connectivity index (χ2n) is 8.04. The number of hydroxylamine groups is 2. The van der Waals surface area contributed by atoms with E-state index in [4.69, 9.17) is 20.9 Å². The molecule has 1 aromatic carbocycles. The molecule has 3 aromatic rings. The Labute approximate surface area is 203 Å². The van der Waals surface area contributed by atoms with Crippen molar-refractivity contribution in [2.45, 2.75) is 51.9 Å². The number of carbonyl (C=O) groups excluding carboxylic acids is 3. The van der Waals surface area contributed by atoms with Crippen LogP contribution in [0.25, 0.3) is 21.4 Å². The molecule has 0 bridgehead atoms. The lowest BCUT2D eigenvalue weighted by molar-refractivity contribution is -0.197. The van der Waals surface area contributed by atoms with Gasteiger partial charge >= 0.3 is 11.6 Å². The second-order valence-corrected chi connectivity index (χ2v) is 9.61. The van der Waals surface area contributed by atoms with Gasteiger partial charge in [-0.25, -0.2) is 14.0 Å². The minimum absolute atomic E-state index is 0.0698. The zero-order valence-corrected chi connectivity index (χ0v) is 19.9. The van der Waals surface area contributed by atoms with Gasteiger partial charge in [0, 0.05) is 45.0 Å². The monoisotopic (exact) mass is 505 g/mol. The second kappa shape index (κ2) is 10.1. The van der Waals surface area contributed by atoms with E-state index >= 15 is 0 Å². The fraction of sp³-hybridized carbons (Fsp3) is 0.333. The highest BCUT2D eigenvalue weighted by Gasteiger charge is 2.32. The molecular weight excluding hydrogens is 485 g/mol. The van der Waals surface area contributed by atoms with Crippen LogP contribution in [0.3, 0.4) is 0 Å². The van der Waals surface area contributed by atoms with Crippen molar-refractivity contribution in [3.63, 3.8) is 0 Å². The van der Waals surface area contributed by atoms with Crippen LogP contribution >= 0.6 is 22.9 Å². The van der Waals surface area contributed by atoms with E-state index in [-0.39, 0.29) is 35.4 Å². The lowest BCUT2D eigenvalue weighted by Gasteiger charge is -2.12. The summed E-state index contributed by atoms with van der Waals surface area (Å²) in [5.74, 6) is -2.22. The number of carbonyl (C=O) groups is 3. The molecular formula is C24H21ClFNO6S. The summed E-state index contributed by atoms with van der Waals surface area (Å²) >= 11 is 7.52. The first-order valence-corrected chi connectivity index (χ1v) is 12.0. The number of hydrogen-bond acceptors (Lipinski definition) is 7. The van der Waals surface area contributed by atoms with Crippen molar-refractivity contribution >= 4 is 51.7 Å². The van der Waals surface area contributed by atoms with Crippen molar-refractivity contribution in [1.29, 1.82) is 0 Å². The van der Waals surface area contributed by atoms with Crippen molar-refractivity contribution in [3.05, 3.63) is 56.0 Å². The Morgan fingerprint density at radius 3 is 2.62 bits per heavy atom. The molecule has 10 heteroatoms. The third-order valence-corrected chi connectivity index (χ3v) is 7.15. The third kappa shape index (κ3) is 5.05. The van der Waals surface area contributed by atoms with E-state index in [1.165, 1.54) is 18.3 Å². The minimum atomic E-state index is -0.638. The van der Waals surface area contributed by atoms with Gasteiger partial charge in [-0.05, 0) is 50.5 Å². The Hall–Kier alpha value is -3.04. The van der Waals surface area contributed by atoms with Crippen LogP contribution < -0.4 is 5.63 Å². The Kier molecular flexibility index (Phi) is 7.13. The molecule has 34 heavy (non-hydrogen) atoms. The number of imide groups is 1. The molecule has 0 radical (unpaired) electrons. The van der Waals surface area contributed by atoms with Gasteiger partial charge < -0.3 is 9.25 Å². The molecule has 0 N–H and O–H groups in total. The number of fused-ring (bicyclic) bond motifs is 1. The maximum atomic E-state index is 14.4. The van der Waals surface area contributed by atoms with Crippen LogP contribution in [-0.4, -0.2) is 22.8 Å². The van der Waals surface area contributed by atoms with Crippen molar-refractivity contribution in [2.24, 2.45) is 0 Å². The van der Waals surface area contributed by atoms with Crippen LogP contribution in [0.15, 0.2) is 33.5 Å². The molecule has 0 spiro atoms. The maximum Gasteiger partial charge on any atom is 0.345 e. The first-order chi connectivity index (χ1) is 16.2. The average molecular weight is 506 g/mol. The lowest BCUT2D eigenvalue weighted by atomic mass is 10.1. The number of halogens is 2. The molecule has 4 rings (SSSR count). The molecule has 1 saturated heterocycles. The standard InChI is InChI=1S/C24H21ClFNO6S/c1-13-17(25)12-14-11-16(24(31)32-23(14)22(13)26)18-8-7-15(34-18)5-3-2-4-6-21(30)33-27-19(28)9-10-20(27)29/h7-8,11-12H,2-6,9-10H2,1H3. The number of nitrogens with zero attached hydrogens (tertiary/aromatic N) is 1. The Bertz CT molecular complexity index is 1330. The van der Waals surface area contributed by atoms with Crippen molar-refractivity contribution < 1.29 is 28.0 Å². The normalized spacial score (nSPS) is 13.8. The van der Waals surface area contributed by atoms with E-state index in [9.17, 15) is 23.6 Å². The highest BCUT2D eigenvalue weighted by atomic mass is 35.5. The van der Waals surface area contributed by atoms with Crippen molar-refractivity contribution in [2.75, 3.05) is 0 Å². The van der Waals surface area contributed by atoms with Gasteiger partial charge in [0.2, 0.25) is 0 Å². The molecule has 1 aliphatic heterocycles. The van der Waals surface area contributed by atoms with Gasteiger partial charge in [-0.3, -0.25) is 9.59 Å². The molecule has 2 amide bonds. The molecule has 178 valence electrons. The predicted octanol–water partition coefficient (Wildman–Crippen LogP) is 5.33. The summed E-state index contributed by atoms with van der Waals surface area (Å²) in [7, 11) is 0. The first kappa shape index (κ1) is 24.1. The largest absolute Gasteiger partial charge is 0.419 e. The molecule has 1 fully saturated rings. The van der Waals surface area contributed by atoms with Gasteiger partial charge in [-0.1, -0.05) is 18.0 Å². The topological polar surface area (TPSA) is 93.9 Å². The molecule has 2 aromatic heterocycles. The molecule has 7 nitrogen and oxygen atoms in total. The molecule has 3 heterocycles. The molecule has 0 saturated carbocycles. The number of unbranched alkanes of at least 4 members (excludes halogenated alkanes) is 2. The quantitative estimate of drug-likeness (QED) is 0.233. The van der Waals surface area contributed by atoms with E-state index < -0.39 is 29.2 Å². The van der Waals surface area contributed by atoms with Gasteiger partial charge in [0.05, 0.1) is 5.56 Å². The summed E-state index contributed by atoms with van der Waals surface area (Å²) in [6.07, 6.45) is 3.12. The van der Waals surface area contributed by atoms with Gasteiger partial charge in [-0.2, -0.15) is 0 Å². The maximum absolute atomic E-state index is 14.4. The Balaban J connectivity index is 1.31. The van der Waals surface area contributed by atoms with Gasteiger partial charge in [0.25, 0.3) is 11.8 Å². The summed E-state index contributed by atoms with van der Waals surface area (Å²) < 4.78 is 19.6. The summed E-state index contributed by atoms with van der Waals surface area (Å²) in [5.41, 5.74) is -0.147. The lowest BCUT2D eigenvalue weighted by Crippen LogP contribution is -2.31. The molecule has 0 unspecified atom stereocenters. The smallest absolute Gasteiger partial charge is 0.345 e. The fourth-order valence-electron chi connectivity index (χ4n) is 3.66. The van der Waals surface area contributed by atoms with E-state index in [2.05, 4.69) is 0 Å². The molecule has 0 atom stereocenters. The third-order valence-electron chi connectivity index (χ3n) is 5.58. The highest BCUT2D eigenvalue weighted by Crippen LogP contribution is 2.32. The van der Waals surface area contributed by atoms with Crippen LogP contribution in [0.5, 0.6) is 0 Å². The van der Waals surface area contributed by atoms with Gasteiger partial charge in [0.1, 0.15) is 0 Å². The van der Waals surface area contributed by atoms with E-state index in [1.807, 2.05) is 12.1 Å². The van der Waals surface area contributed by atoms with E-state index in [1.54, 1.807) is 12.1 Å². The number of rotatable bonds is 8. The van der Waals surface area contributed by atoms with Crippen LogP contribution in [0.4, 0.5) is 4.39 Å². The summed E-state index contributed by atoms with van der Waals surface area (Å²) in [4.78, 5) is 53.8. The fourth-order valence-corrected chi connectivity index (χ4v) is 4.92. The summed E-state index contributed by atoms with van der Waals surface area (Å²) in [6.45, 7) is 1.52. The Morgan fingerprint density at radius 2 is 1.88 bits per heavy atom. The van der Waals surface area contributed by atoms with Crippen molar-refractivity contribution in [1.82, 2.24) is 5.06 Å². The van der Waals surface area contributed by atoms with Crippen LogP contribution in [-0.2, 0) is 25.6 Å². The number of aryl methyl sites for hydroxylation is 1. The zero-order chi connectivity index (χ0) is 24.4. The van der Waals surface area contributed by atoms with Gasteiger partial charge in [0.15, 0.2) is 11.4 Å². The minimum Gasteiger partial charge on any atom is -0.419 e. The Morgan fingerprint density at radius 1 is 1.15 bits per heavy atom. The van der Waals surface area contributed by atoms with Crippen LogP contribution in [0.1, 0.15) is 49.0 Å². The number of amides is 2. The predicted molar refractivity (Wildman–Crippen MR) is 125 cm³/mol. The highest BCUT2D eigenvalue weighted by molar-refractivity contribution is 7.15. The number of thiophene rings is 1. The number of benzene rings is 1. The molecule has 1 aliphatic rings. The first-order valence-electron chi connectivity index (χ1n) is 10.8. The summed E-state index contributed by atoms with van der Waals surface area (Å²) in [6, 6.07) is 6.92.